The summed E-state index contributed by atoms with van der Waals surface area (Å²) in [4.78, 5) is 4.05. The first-order valence-corrected chi connectivity index (χ1v) is 4.56. The van der Waals surface area contributed by atoms with Crippen LogP contribution in [-0.4, -0.2) is 4.98 Å². The molecule has 0 radical (unpaired) electrons. The number of aryl methyl sites for hydroxylation is 1. The minimum atomic E-state index is 0. The van der Waals surface area contributed by atoms with Crippen molar-refractivity contribution in [2.45, 2.75) is 13.5 Å². The first-order valence-electron chi connectivity index (χ1n) is 4.56. The van der Waals surface area contributed by atoms with Crippen molar-refractivity contribution in [1.82, 2.24) is 4.98 Å². The number of nitrogens with two attached hydrogens (primary N) is 2. The molecule has 2 rings (SSSR count). The Morgan fingerprint density at radius 2 is 1.94 bits per heavy atom. The Bertz CT molecular complexity index is 486. The molecule has 1 aromatic heterocycles. The average molecular weight is 260 g/mol. The molecule has 0 saturated carbocycles. The van der Waals surface area contributed by atoms with Gasteiger partial charge in [-0.05, 0) is 35.6 Å². The van der Waals surface area contributed by atoms with E-state index < -0.39 is 0 Å². The van der Waals surface area contributed by atoms with Gasteiger partial charge in [0.25, 0.3) is 0 Å². The van der Waals surface area contributed by atoms with E-state index in [9.17, 15) is 0 Å². The maximum atomic E-state index is 5.78. The van der Waals surface area contributed by atoms with Crippen molar-refractivity contribution < 1.29 is 0 Å². The van der Waals surface area contributed by atoms with E-state index in [1.54, 1.807) is 6.20 Å². The third-order valence-electron chi connectivity index (χ3n) is 2.47. The predicted octanol–water partition coefficient (Wildman–Crippen LogP) is 2.43. The Kier molecular flexibility index (Phi) is 5.51. The standard InChI is InChI=1S/C11H13N3.2ClH/c1-7-4-8-2-3-14-11(13)10(8)5-9(7)6-12;;/h2-5H,6,12H2,1H3,(H2,13,14);2*1H. The van der Waals surface area contributed by atoms with Crippen molar-refractivity contribution in [3.8, 4) is 0 Å². The molecule has 0 aliphatic carbocycles. The summed E-state index contributed by atoms with van der Waals surface area (Å²) in [6.45, 7) is 2.59. The van der Waals surface area contributed by atoms with E-state index in [0.717, 1.165) is 16.3 Å². The average Bonchev–Trinajstić information content (AvgIpc) is 2.17. The summed E-state index contributed by atoms with van der Waals surface area (Å²) in [5, 5.41) is 2.10. The predicted molar refractivity (Wildman–Crippen MR) is 73.3 cm³/mol. The van der Waals surface area contributed by atoms with Crippen molar-refractivity contribution in [1.29, 1.82) is 0 Å². The fourth-order valence-corrected chi connectivity index (χ4v) is 1.62. The number of fused-ring (bicyclic) bond motifs is 1. The summed E-state index contributed by atoms with van der Waals surface area (Å²) in [5.41, 5.74) is 13.7. The molecule has 3 nitrogen and oxygen atoms in total. The summed E-state index contributed by atoms with van der Waals surface area (Å²) >= 11 is 0. The van der Waals surface area contributed by atoms with E-state index in [-0.39, 0.29) is 24.8 Å². The number of nitrogen functional groups attached to an aromatic ring is 1. The second-order valence-electron chi connectivity index (χ2n) is 3.40. The lowest BCUT2D eigenvalue weighted by Crippen LogP contribution is -2.00. The number of halogens is 2. The molecular formula is C11H15Cl2N3. The monoisotopic (exact) mass is 259 g/mol. The van der Waals surface area contributed by atoms with E-state index in [4.69, 9.17) is 11.5 Å². The largest absolute Gasteiger partial charge is 0.383 e. The zero-order valence-electron chi connectivity index (χ0n) is 8.93. The van der Waals surface area contributed by atoms with E-state index in [1.165, 1.54) is 5.56 Å². The smallest absolute Gasteiger partial charge is 0.131 e. The fraction of sp³-hybridized carbons (Fsp3) is 0.182. The Morgan fingerprint density at radius 1 is 1.25 bits per heavy atom. The molecule has 0 bridgehead atoms. The molecule has 0 amide bonds. The number of rotatable bonds is 1. The Labute approximate surface area is 107 Å². The number of aromatic nitrogens is 1. The molecule has 1 heterocycles. The van der Waals surface area contributed by atoms with Crippen molar-refractivity contribution in [2.75, 3.05) is 5.73 Å². The van der Waals surface area contributed by atoms with Gasteiger partial charge in [0.2, 0.25) is 0 Å². The van der Waals surface area contributed by atoms with Gasteiger partial charge in [-0.2, -0.15) is 0 Å². The van der Waals surface area contributed by atoms with Gasteiger partial charge in [-0.15, -0.1) is 24.8 Å². The lowest BCUT2D eigenvalue weighted by atomic mass is 10.0. The summed E-state index contributed by atoms with van der Waals surface area (Å²) < 4.78 is 0. The minimum absolute atomic E-state index is 0. The van der Waals surface area contributed by atoms with Gasteiger partial charge < -0.3 is 11.5 Å². The first kappa shape index (κ1) is 15.0. The van der Waals surface area contributed by atoms with Gasteiger partial charge in [0.15, 0.2) is 0 Å². The van der Waals surface area contributed by atoms with Crippen molar-refractivity contribution in [3.63, 3.8) is 0 Å². The Balaban J connectivity index is 0.00000112. The highest BCUT2D eigenvalue weighted by Crippen LogP contribution is 2.22. The fourth-order valence-electron chi connectivity index (χ4n) is 1.62. The van der Waals surface area contributed by atoms with E-state index in [1.807, 2.05) is 12.1 Å². The molecule has 0 aliphatic rings. The van der Waals surface area contributed by atoms with Crippen LogP contribution in [0.3, 0.4) is 0 Å². The quantitative estimate of drug-likeness (QED) is 0.827. The second kappa shape index (κ2) is 5.89. The number of anilines is 1. The highest BCUT2D eigenvalue weighted by Gasteiger charge is 2.02. The second-order valence-corrected chi connectivity index (χ2v) is 3.40. The van der Waals surface area contributed by atoms with Crippen LogP contribution in [0.5, 0.6) is 0 Å². The SMILES string of the molecule is Cc1cc2ccnc(N)c2cc1CN.Cl.Cl. The molecule has 2 aromatic rings. The van der Waals surface area contributed by atoms with Gasteiger partial charge in [0.05, 0.1) is 0 Å². The highest BCUT2D eigenvalue weighted by atomic mass is 35.5. The highest BCUT2D eigenvalue weighted by molar-refractivity contribution is 5.91. The summed E-state index contributed by atoms with van der Waals surface area (Å²) in [5.74, 6) is 0.567. The molecule has 0 unspecified atom stereocenters. The molecule has 5 heteroatoms. The van der Waals surface area contributed by atoms with Gasteiger partial charge in [-0.3, -0.25) is 0 Å². The third kappa shape index (κ3) is 2.55. The molecule has 0 aliphatic heterocycles. The molecular weight excluding hydrogens is 245 g/mol. The van der Waals surface area contributed by atoms with E-state index >= 15 is 0 Å². The normalized spacial score (nSPS) is 9.38. The van der Waals surface area contributed by atoms with Crippen molar-refractivity contribution in [2.24, 2.45) is 5.73 Å². The van der Waals surface area contributed by atoms with Crippen LogP contribution in [0.25, 0.3) is 10.8 Å². The van der Waals surface area contributed by atoms with Crippen LogP contribution in [0.2, 0.25) is 0 Å². The molecule has 0 fully saturated rings. The van der Waals surface area contributed by atoms with Crippen molar-refractivity contribution in [3.05, 3.63) is 35.5 Å². The lowest BCUT2D eigenvalue weighted by molar-refractivity contribution is 1.05. The molecule has 0 spiro atoms. The third-order valence-corrected chi connectivity index (χ3v) is 2.47. The maximum absolute atomic E-state index is 5.78. The number of pyridine rings is 1. The Hall–Kier alpha value is -1.03. The maximum Gasteiger partial charge on any atom is 0.131 e. The summed E-state index contributed by atoms with van der Waals surface area (Å²) in [7, 11) is 0. The number of nitrogens with zero attached hydrogens (tertiary/aromatic N) is 1. The van der Waals surface area contributed by atoms with Crippen molar-refractivity contribution >= 4 is 41.4 Å². The molecule has 88 valence electrons. The van der Waals surface area contributed by atoms with Crippen LogP contribution in [0.15, 0.2) is 24.4 Å². The van der Waals surface area contributed by atoms with Gasteiger partial charge >= 0.3 is 0 Å². The summed E-state index contributed by atoms with van der Waals surface area (Å²) in [6.07, 6.45) is 1.72. The topological polar surface area (TPSA) is 64.9 Å². The number of hydrogen-bond donors (Lipinski definition) is 2. The van der Waals surface area contributed by atoms with Gasteiger partial charge in [-0.1, -0.05) is 6.07 Å². The minimum Gasteiger partial charge on any atom is -0.383 e. The Morgan fingerprint density at radius 3 is 2.56 bits per heavy atom. The van der Waals surface area contributed by atoms with E-state index in [2.05, 4.69) is 18.0 Å². The first-order chi connectivity index (χ1) is 6.72. The van der Waals surface area contributed by atoms with Gasteiger partial charge in [-0.25, -0.2) is 4.98 Å². The van der Waals surface area contributed by atoms with Gasteiger partial charge in [0.1, 0.15) is 5.82 Å². The number of benzene rings is 1. The van der Waals surface area contributed by atoms with Crippen LogP contribution in [-0.2, 0) is 6.54 Å². The van der Waals surface area contributed by atoms with Crippen LogP contribution < -0.4 is 11.5 Å². The van der Waals surface area contributed by atoms with Crippen LogP contribution >= 0.6 is 24.8 Å². The molecule has 16 heavy (non-hydrogen) atoms. The molecule has 1 aromatic carbocycles. The summed E-state index contributed by atoms with van der Waals surface area (Å²) in [6, 6.07) is 6.07. The number of hydrogen-bond acceptors (Lipinski definition) is 3. The van der Waals surface area contributed by atoms with E-state index in [0.29, 0.717) is 12.4 Å². The van der Waals surface area contributed by atoms with Crippen LogP contribution in [0.1, 0.15) is 11.1 Å². The van der Waals surface area contributed by atoms with Crippen LogP contribution in [0, 0.1) is 6.92 Å². The molecule has 4 N–H and O–H groups in total. The zero-order chi connectivity index (χ0) is 10.1. The van der Waals surface area contributed by atoms with Crippen LogP contribution in [0.4, 0.5) is 5.82 Å². The van der Waals surface area contributed by atoms with Gasteiger partial charge in [0, 0.05) is 18.1 Å². The molecule has 0 saturated heterocycles. The zero-order valence-corrected chi connectivity index (χ0v) is 10.6. The molecule has 0 atom stereocenters. The lowest BCUT2D eigenvalue weighted by Gasteiger charge is -2.06.